The zero-order valence-electron chi connectivity index (χ0n) is 8.83. The molecule has 0 spiro atoms. The molecule has 0 heterocycles. The second-order valence-electron chi connectivity index (χ2n) is 3.40. The average molecular weight is 189 g/mol. The Morgan fingerprint density at radius 2 is 2.00 bits per heavy atom. The fraction of sp³-hybridized carbons (Fsp3) is 1.00. The number of ether oxygens (including phenoxy) is 1. The van der Waals surface area contributed by atoms with E-state index in [0.29, 0.717) is 13.2 Å². The predicted molar refractivity (Wildman–Crippen MR) is 54.3 cm³/mol. The second kappa shape index (κ2) is 8.48. The van der Waals surface area contributed by atoms with Crippen molar-refractivity contribution in [3.05, 3.63) is 0 Å². The lowest BCUT2D eigenvalue weighted by Crippen LogP contribution is -2.30. The topological polar surface area (TPSA) is 55.5 Å². The number of aliphatic hydroxyl groups is 1. The van der Waals surface area contributed by atoms with Crippen LogP contribution in [-0.4, -0.2) is 24.5 Å². The van der Waals surface area contributed by atoms with Crippen molar-refractivity contribution in [2.75, 3.05) is 13.2 Å². The van der Waals surface area contributed by atoms with Crippen molar-refractivity contribution in [3.63, 3.8) is 0 Å². The molecule has 0 amide bonds. The average Bonchev–Trinajstić information content (AvgIpc) is 2.16. The lowest BCUT2D eigenvalue weighted by atomic mass is 10.0. The van der Waals surface area contributed by atoms with E-state index >= 15 is 0 Å². The van der Waals surface area contributed by atoms with Crippen LogP contribution in [0.4, 0.5) is 0 Å². The number of unbranched alkanes of at least 4 members (excludes halogenated alkanes) is 1. The van der Waals surface area contributed by atoms with Crippen LogP contribution >= 0.6 is 0 Å². The van der Waals surface area contributed by atoms with E-state index in [0.717, 1.165) is 25.7 Å². The molecule has 0 aromatic rings. The largest absolute Gasteiger partial charge is 0.368 e. The smallest absolute Gasteiger partial charge is 0.158 e. The molecular weight excluding hydrogens is 166 g/mol. The molecule has 0 aromatic heterocycles. The molecule has 0 aliphatic heterocycles. The van der Waals surface area contributed by atoms with E-state index in [2.05, 4.69) is 6.92 Å². The maximum atomic E-state index is 9.56. The summed E-state index contributed by atoms with van der Waals surface area (Å²) in [6.07, 6.45) is 3.46. The predicted octanol–water partition coefficient (Wildman–Crippen LogP) is 1.50. The molecule has 80 valence electrons. The summed E-state index contributed by atoms with van der Waals surface area (Å²) >= 11 is 0. The first-order chi connectivity index (χ1) is 6.26. The first-order valence-corrected chi connectivity index (χ1v) is 5.25. The first kappa shape index (κ1) is 12.9. The normalized spacial score (nSPS) is 15.7. The number of rotatable bonds is 8. The molecule has 0 fully saturated rings. The van der Waals surface area contributed by atoms with Crippen molar-refractivity contribution in [1.29, 1.82) is 0 Å². The van der Waals surface area contributed by atoms with Gasteiger partial charge in [-0.3, -0.25) is 0 Å². The zero-order valence-corrected chi connectivity index (χ0v) is 8.83. The quantitative estimate of drug-likeness (QED) is 0.569. The van der Waals surface area contributed by atoms with Gasteiger partial charge in [0, 0.05) is 12.5 Å². The van der Waals surface area contributed by atoms with Gasteiger partial charge in [-0.2, -0.15) is 0 Å². The van der Waals surface area contributed by atoms with Crippen LogP contribution in [0.5, 0.6) is 0 Å². The van der Waals surface area contributed by atoms with Gasteiger partial charge in [0.1, 0.15) is 0 Å². The third-order valence-corrected chi connectivity index (χ3v) is 2.13. The first-order valence-electron chi connectivity index (χ1n) is 5.25. The second-order valence-corrected chi connectivity index (χ2v) is 3.40. The summed E-state index contributed by atoms with van der Waals surface area (Å²) in [5.74, 6) is 0.103. The minimum atomic E-state index is -0.670. The van der Waals surface area contributed by atoms with Gasteiger partial charge in [-0.15, -0.1) is 0 Å². The van der Waals surface area contributed by atoms with Crippen molar-refractivity contribution in [2.24, 2.45) is 11.7 Å². The minimum Gasteiger partial charge on any atom is -0.368 e. The van der Waals surface area contributed by atoms with Crippen molar-refractivity contribution < 1.29 is 9.84 Å². The number of aliphatic hydroxyl groups excluding tert-OH is 1. The molecule has 13 heavy (non-hydrogen) atoms. The highest BCUT2D eigenvalue weighted by atomic mass is 16.6. The summed E-state index contributed by atoms with van der Waals surface area (Å²) in [5.41, 5.74) is 5.55. The van der Waals surface area contributed by atoms with Crippen LogP contribution in [0.1, 0.15) is 39.5 Å². The molecule has 0 aromatic carbocycles. The maximum absolute atomic E-state index is 9.56. The molecule has 0 saturated carbocycles. The Kier molecular flexibility index (Phi) is 8.40. The summed E-state index contributed by atoms with van der Waals surface area (Å²) in [6.45, 7) is 5.28. The van der Waals surface area contributed by atoms with Gasteiger partial charge in [-0.25, -0.2) is 0 Å². The zero-order chi connectivity index (χ0) is 10.1. The maximum Gasteiger partial charge on any atom is 0.158 e. The van der Waals surface area contributed by atoms with Gasteiger partial charge in [-0.05, 0) is 19.4 Å². The van der Waals surface area contributed by atoms with E-state index in [1.165, 1.54) is 0 Å². The van der Waals surface area contributed by atoms with Gasteiger partial charge in [0.05, 0.1) is 0 Å². The lowest BCUT2D eigenvalue weighted by Gasteiger charge is -2.21. The molecule has 2 unspecified atom stereocenters. The molecule has 0 saturated heterocycles. The van der Waals surface area contributed by atoms with Crippen molar-refractivity contribution in [2.45, 2.75) is 45.8 Å². The summed E-state index contributed by atoms with van der Waals surface area (Å²) in [4.78, 5) is 0. The molecule has 0 radical (unpaired) electrons. The SMILES string of the molecule is CCCCC(CN)C(O)OCCC. The van der Waals surface area contributed by atoms with E-state index in [4.69, 9.17) is 10.5 Å². The van der Waals surface area contributed by atoms with Gasteiger partial charge in [-0.1, -0.05) is 26.7 Å². The van der Waals surface area contributed by atoms with E-state index in [-0.39, 0.29) is 5.92 Å². The number of hydrogen-bond donors (Lipinski definition) is 2. The molecule has 0 rings (SSSR count). The summed E-state index contributed by atoms with van der Waals surface area (Å²) in [6, 6.07) is 0. The van der Waals surface area contributed by atoms with E-state index in [1.54, 1.807) is 0 Å². The van der Waals surface area contributed by atoms with Crippen LogP contribution < -0.4 is 5.73 Å². The van der Waals surface area contributed by atoms with Gasteiger partial charge in [0.25, 0.3) is 0 Å². The summed E-state index contributed by atoms with van der Waals surface area (Å²) in [7, 11) is 0. The highest BCUT2D eigenvalue weighted by Crippen LogP contribution is 2.12. The third-order valence-electron chi connectivity index (χ3n) is 2.13. The van der Waals surface area contributed by atoms with Crippen molar-refractivity contribution in [3.8, 4) is 0 Å². The Morgan fingerprint density at radius 3 is 2.46 bits per heavy atom. The minimum absolute atomic E-state index is 0.103. The van der Waals surface area contributed by atoms with E-state index in [1.807, 2.05) is 6.92 Å². The van der Waals surface area contributed by atoms with Crippen LogP contribution in [0.15, 0.2) is 0 Å². The molecule has 3 heteroatoms. The third kappa shape index (κ3) is 6.02. The Hall–Kier alpha value is -0.120. The molecule has 0 aliphatic rings. The van der Waals surface area contributed by atoms with Gasteiger partial charge in [0.15, 0.2) is 6.29 Å². The van der Waals surface area contributed by atoms with E-state index < -0.39 is 6.29 Å². The standard InChI is InChI=1S/C10H23NO2/c1-3-5-6-9(8-11)10(12)13-7-4-2/h9-10,12H,3-8,11H2,1-2H3. The summed E-state index contributed by atoms with van der Waals surface area (Å²) in [5, 5.41) is 9.56. The van der Waals surface area contributed by atoms with Crippen LogP contribution in [0.25, 0.3) is 0 Å². The number of hydrogen-bond acceptors (Lipinski definition) is 3. The highest BCUT2D eigenvalue weighted by Gasteiger charge is 2.16. The Labute approximate surface area is 81.3 Å². The fourth-order valence-electron chi connectivity index (χ4n) is 1.22. The molecule has 0 bridgehead atoms. The molecule has 3 N–H and O–H groups in total. The fourth-order valence-corrected chi connectivity index (χ4v) is 1.22. The molecule has 3 nitrogen and oxygen atoms in total. The molecular formula is C10H23NO2. The highest BCUT2D eigenvalue weighted by molar-refractivity contribution is 4.62. The Bertz CT molecular complexity index is 109. The van der Waals surface area contributed by atoms with Crippen LogP contribution in [-0.2, 0) is 4.74 Å². The van der Waals surface area contributed by atoms with Crippen LogP contribution in [0.2, 0.25) is 0 Å². The number of nitrogens with two attached hydrogens (primary N) is 1. The van der Waals surface area contributed by atoms with Gasteiger partial charge < -0.3 is 15.6 Å². The Balaban J connectivity index is 3.63. The lowest BCUT2D eigenvalue weighted by molar-refractivity contribution is -0.133. The van der Waals surface area contributed by atoms with Gasteiger partial charge in [0.2, 0.25) is 0 Å². The Morgan fingerprint density at radius 1 is 1.31 bits per heavy atom. The van der Waals surface area contributed by atoms with Gasteiger partial charge >= 0.3 is 0 Å². The van der Waals surface area contributed by atoms with Crippen LogP contribution in [0.3, 0.4) is 0 Å². The molecule has 2 atom stereocenters. The monoisotopic (exact) mass is 189 g/mol. The van der Waals surface area contributed by atoms with E-state index in [9.17, 15) is 5.11 Å². The van der Waals surface area contributed by atoms with Crippen LogP contribution in [0, 0.1) is 5.92 Å². The van der Waals surface area contributed by atoms with Crippen molar-refractivity contribution in [1.82, 2.24) is 0 Å². The van der Waals surface area contributed by atoms with Crippen molar-refractivity contribution >= 4 is 0 Å². The summed E-state index contributed by atoms with van der Waals surface area (Å²) < 4.78 is 5.22. The molecule has 0 aliphatic carbocycles.